The van der Waals surface area contributed by atoms with Gasteiger partial charge >= 0.3 is 0 Å². The van der Waals surface area contributed by atoms with E-state index in [4.69, 9.17) is 0 Å². The van der Waals surface area contributed by atoms with Crippen LogP contribution in [0.3, 0.4) is 0 Å². The third-order valence-electron chi connectivity index (χ3n) is 4.51. The number of nitrogens with zero attached hydrogens (tertiary/aromatic N) is 1. The van der Waals surface area contributed by atoms with Gasteiger partial charge in [0.05, 0.1) is 6.04 Å². The topological polar surface area (TPSA) is 56.4 Å². The summed E-state index contributed by atoms with van der Waals surface area (Å²) in [5, 5.41) is 7.29. The molecular weight excluding hydrogens is 400 g/mol. The number of rotatable bonds is 6. The summed E-state index contributed by atoms with van der Waals surface area (Å²) in [6.45, 7) is 0.601. The molecule has 134 valence electrons. The average Bonchev–Trinajstić information content (AvgIpc) is 3.27. The zero-order valence-electron chi connectivity index (χ0n) is 14.3. The summed E-state index contributed by atoms with van der Waals surface area (Å²) >= 11 is 5.13. The molecule has 2 aromatic rings. The molecule has 1 aromatic heterocycles. The van der Waals surface area contributed by atoms with Crippen LogP contribution in [0.1, 0.15) is 29.6 Å². The first-order valence-electron chi connectivity index (χ1n) is 8.27. The van der Waals surface area contributed by atoms with Crippen molar-refractivity contribution in [2.75, 3.05) is 20.6 Å². The summed E-state index contributed by atoms with van der Waals surface area (Å²) in [5.41, 5.74) is 8.76. The van der Waals surface area contributed by atoms with E-state index in [0.717, 1.165) is 10.9 Å². The molecule has 3 atom stereocenters. The molecule has 1 aliphatic rings. The average molecular weight is 423 g/mol. The normalized spacial score (nSPS) is 21.4. The maximum atomic E-state index is 12.5. The fourth-order valence-corrected chi connectivity index (χ4v) is 4.00. The number of amides is 1. The Labute approximate surface area is 160 Å². The number of hydrogen-bond donors (Lipinski definition) is 3. The zero-order chi connectivity index (χ0) is 17.8. The predicted molar refractivity (Wildman–Crippen MR) is 105 cm³/mol. The Morgan fingerprint density at radius 2 is 2.08 bits per heavy atom. The van der Waals surface area contributed by atoms with Gasteiger partial charge in [0.25, 0.3) is 0 Å². The Morgan fingerprint density at radius 3 is 2.72 bits per heavy atom. The molecule has 1 amide bonds. The lowest BCUT2D eigenvalue weighted by Crippen LogP contribution is -2.45. The lowest BCUT2D eigenvalue weighted by molar-refractivity contribution is -0.123. The van der Waals surface area contributed by atoms with E-state index < -0.39 is 0 Å². The van der Waals surface area contributed by atoms with Crippen molar-refractivity contribution in [1.29, 1.82) is 0 Å². The van der Waals surface area contributed by atoms with Gasteiger partial charge in [-0.15, -0.1) is 0 Å². The maximum absolute atomic E-state index is 12.5. The van der Waals surface area contributed by atoms with Crippen molar-refractivity contribution in [3.63, 3.8) is 0 Å². The van der Waals surface area contributed by atoms with Gasteiger partial charge in [-0.25, -0.2) is 10.9 Å². The highest BCUT2D eigenvalue weighted by atomic mass is 79.9. The number of thiophene rings is 1. The highest BCUT2D eigenvalue weighted by Crippen LogP contribution is 2.24. The summed E-state index contributed by atoms with van der Waals surface area (Å²) in [7, 11) is 4.07. The van der Waals surface area contributed by atoms with Crippen molar-refractivity contribution in [3.8, 4) is 0 Å². The van der Waals surface area contributed by atoms with Crippen molar-refractivity contribution in [2.24, 2.45) is 0 Å². The van der Waals surface area contributed by atoms with E-state index in [1.54, 1.807) is 11.3 Å². The van der Waals surface area contributed by atoms with Crippen LogP contribution in [0.2, 0.25) is 0 Å². The second kappa shape index (κ2) is 8.42. The Morgan fingerprint density at radius 1 is 1.32 bits per heavy atom. The number of halogens is 1. The van der Waals surface area contributed by atoms with Gasteiger partial charge in [-0.3, -0.25) is 4.79 Å². The molecule has 1 fully saturated rings. The van der Waals surface area contributed by atoms with Gasteiger partial charge < -0.3 is 10.2 Å². The number of carbonyl (C=O) groups is 1. The summed E-state index contributed by atoms with van der Waals surface area (Å²) in [5.74, 6) is 0.0363. The van der Waals surface area contributed by atoms with Crippen molar-refractivity contribution in [3.05, 3.63) is 56.7 Å². The first-order valence-corrected chi connectivity index (χ1v) is 10.0. The van der Waals surface area contributed by atoms with E-state index in [2.05, 4.69) is 66.0 Å². The zero-order valence-corrected chi connectivity index (χ0v) is 16.7. The summed E-state index contributed by atoms with van der Waals surface area (Å²) in [6, 6.07) is 10.4. The molecule has 5 nitrogen and oxygen atoms in total. The van der Waals surface area contributed by atoms with Gasteiger partial charge in [0.15, 0.2) is 0 Å². The minimum Gasteiger partial charge on any atom is -0.353 e. The molecule has 1 saturated heterocycles. The van der Waals surface area contributed by atoms with Crippen molar-refractivity contribution >= 4 is 33.2 Å². The second-order valence-electron chi connectivity index (χ2n) is 6.46. The van der Waals surface area contributed by atoms with Crippen LogP contribution in [0, 0.1) is 0 Å². The van der Waals surface area contributed by atoms with Crippen LogP contribution in [0.4, 0.5) is 0 Å². The van der Waals surface area contributed by atoms with Crippen LogP contribution < -0.4 is 16.2 Å². The van der Waals surface area contributed by atoms with Crippen LogP contribution in [0.15, 0.2) is 45.6 Å². The molecule has 25 heavy (non-hydrogen) atoms. The molecule has 0 bridgehead atoms. The van der Waals surface area contributed by atoms with Gasteiger partial charge in [0.2, 0.25) is 5.91 Å². The van der Waals surface area contributed by atoms with Gasteiger partial charge in [0, 0.05) is 17.1 Å². The highest BCUT2D eigenvalue weighted by molar-refractivity contribution is 9.10. The van der Waals surface area contributed by atoms with E-state index in [1.807, 2.05) is 26.2 Å². The van der Waals surface area contributed by atoms with Crippen molar-refractivity contribution in [1.82, 2.24) is 21.1 Å². The third-order valence-corrected chi connectivity index (χ3v) is 5.74. The number of hydrogen-bond acceptors (Lipinski definition) is 5. The second-order valence-corrected chi connectivity index (χ2v) is 8.16. The molecular formula is C18H23BrN4OS. The van der Waals surface area contributed by atoms with Crippen LogP contribution in [-0.4, -0.2) is 37.5 Å². The summed E-state index contributed by atoms with van der Waals surface area (Å²) < 4.78 is 1.06. The molecule has 1 aromatic carbocycles. The first-order chi connectivity index (χ1) is 12.0. The van der Waals surface area contributed by atoms with Crippen molar-refractivity contribution in [2.45, 2.75) is 24.5 Å². The minimum atomic E-state index is -0.223. The first kappa shape index (κ1) is 18.5. The van der Waals surface area contributed by atoms with E-state index in [0.29, 0.717) is 6.54 Å². The van der Waals surface area contributed by atoms with Gasteiger partial charge in [-0.05, 0) is 60.6 Å². The number of likely N-dealkylation sites (N-methyl/N-ethyl adjacent to an activating group) is 1. The van der Waals surface area contributed by atoms with Crippen molar-refractivity contribution < 1.29 is 4.79 Å². The molecule has 2 heterocycles. The Kier molecular flexibility index (Phi) is 6.24. The molecule has 3 rings (SSSR count). The number of hydrazine groups is 1. The number of benzene rings is 1. The minimum absolute atomic E-state index is 0.0363. The van der Waals surface area contributed by atoms with E-state index in [1.165, 1.54) is 11.1 Å². The third kappa shape index (κ3) is 4.68. The van der Waals surface area contributed by atoms with Gasteiger partial charge in [-0.1, -0.05) is 28.1 Å². The van der Waals surface area contributed by atoms with Crippen LogP contribution in [0.25, 0.3) is 0 Å². The van der Waals surface area contributed by atoms with Gasteiger partial charge in [0.1, 0.15) is 6.04 Å². The maximum Gasteiger partial charge on any atom is 0.238 e. The lowest BCUT2D eigenvalue weighted by atomic mass is 10.0. The van der Waals surface area contributed by atoms with E-state index in [-0.39, 0.29) is 24.0 Å². The molecule has 1 aliphatic heterocycles. The lowest BCUT2D eigenvalue weighted by Gasteiger charge is -2.24. The van der Waals surface area contributed by atoms with Gasteiger partial charge in [-0.2, -0.15) is 11.3 Å². The quantitative estimate of drug-likeness (QED) is 0.669. The smallest absolute Gasteiger partial charge is 0.238 e. The SMILES string of the molecule is CN(C)C(CNC(=O)C1CC(c2ccc(Br)cc2)NN1)c1ccsc1. The Hall–Kier alpha value is -1.25. The van der Waals surface area contributed by atoms with Crippen LogP contribution in [0.5, 0.6) is 0 Å². The van der Waals surface area contributed by atoms with Crippen LogP contribution in [-0.2, 0) is 4.79 Å². The Bertz CT molecular complexity index is 690. The molecule has 7 heteroatoms. The molecule has 3 N–H and O–H groups in total. The van der Waals surface area contributed by atoms with E-state index >= 15 is 0 Å². The molecule has 0 aliphatic carbocycles. The molecule has 0 saturated carbocycles. The molecule has 0 spiro atoms. The standard InChI is InChI=1S/C18H23BrN4OS/c1-23(2)17(13-7-8-25-11-13)10-20-18(24)16-9-15(21-22-16)12-3-5-14(19)6-4-12/h3-8,11,15-17,21-22H,9-10H2,1-2H3,(H,20,24). The predicted octanol–water partition coefficient (Wildman–Crippen LogP) is 2.84. The number of carbonyl (C=O) groups excluding carboxylic acids is 1. The summed E-state index contributed by atoms with van der Waals surface area (Å²) in [6.07, 6.45) is 0.735. The van der Waals surface area contributed by atoms with Crippen LogP contribution >= 0.6 is 27.3 Å². The molecule has 3 unspecified atom stereocenters. The fraction of sp³-hybridized carbons (Fsp3) is 0.389. The van der Waals surface area contributed by atoms with E-state index in [9.17, 15) is 4.79 Å². The number of nitrogens with one attached hydrogen (secondary N) is 3. The summed E-state index contributed by atoms with van der Waals surface area (Å²) in [4.78, 5) is 14.7. The fourth-order valence-electron chi connectivity index (χ4n) is 3.03. The monoisotopic (exact) mass is 422 g/mol. The molecule has 0 radical (unpaired) electrons. The Balaban J connectivity index is 1.54. The largest absolute Gasteiger partial charge is 0.353 e. The highest BCUT2D eigenvalue weighted by Gasteiger charge is 2.30.